The minimum atomic E-state index is -1.41. The van der Waals surface area contributed by atoms with Crippen LogP contribution in [0.3, 0.4) is 0 Å². The molecule has 0 bridgehead atoms. The normalized spacial score (nSPS) is 14.5. The van der Waals surface area contributed by atoms with Gasteiger partial charge in [0, 0.05) is 12.1 Å². The fourth-order valence-electron chi connectivity index (χ4n) is 2.41. The second-order valence-electron chi connectivity index (χ2n) is 5.52. The van der Waals surface area contributed by atoms with Crippen molar-refractivity contribution in [1.82, 2.24) is 5.32 Å². The molecule has 0 aromatic heterocycles. The number of hydrogen-bond donors (Lipinski definition) is 2. The predicted molar refractivity (Wildman–Crippen MR) is 92.3 cm³/mol. The van der Waals surface area contributed by atoms with E-state index in [0.717, 1.165) is 0 Å². The highest BCUT2D eigenvalue weighted by Gasteiger charge is 2.37. The number of amides is 2. The van der Waals surface area contributed by atoms with Gasteiger partial charge in [-0.3, -0.25) is 9.59 Å². The highest BCUT2D eigenvalue weighted by molar-refractivity contribution is 6.30. The molecule has 24 heavy (non-hydrogen) atoms. The monoisotopic (exact) mass is 346 g/mol. The van der Waals surface area contributed by atoms with E-state index in [-0.39, 0.29) is 0 Å². The van der Waals surface area contributed by atoms with Crippen molar-refractivity contribution in [2.75, 3.05) is 7.11 Å². The van der Waals surface area contributed by atoms with Gasteiger partial charge in [-0.05, 0) is 30.2 Å². The Morgan fingerprint density at radius 1 is 1.17 bits per heavy atom. The van der Waals surface area contributed by atoms with Gasteiger partial charge < -0.3 is 15.8 Å². The van der Waals surface area contributed by atoms with Crippen molar-refractivity contribution in [2.24, 2.45) is 5.73 Å². The summed E-state index contributed by atoms with van der Waals surface area (Å²) in [4.78, 5) is 24.7. The number of carbonyl (C=O) groups is 2. The number of carbonyl (C=O) groups excluding carboxylic acids is 2. The summed E-state index contributed by atoms with van der Waals surface area (Å²) >= 11 is 5.99. The van der Waals surface area contributed by atoms with E-state index in [1.807, 2.05) is 6.07 Å². The number of methoxy groups -OCH3 is 1. The Morgan fingerprint density at radius 2 is 1.83 bits per heavy atom. The summed E-state index contributed by atoms with van der Waals surface area (Å²) in [7, 11) is 1.43. The number of primary amides is 1. The Hall–Kier alpha value is -2.37. The molecule has 0 saturated carbocycles. The number of rotatable bonds is 6. The molecule has 0 aliphatic rings. The molecular weight excluding hydrogens is 328 g/mol. The summed E-state index contributed by atoms with van der Waals surface area (Å²) in [5.41, 5.74) is 5.31. The van der Waals surface area contributed by atoms with Gasteiger partial charge in [0.15, 0.2) is 6.10 Å². The van der Waals surface area contributed by atoms with Crippen LogP contribution in [0.4, 0.5) is 0 Å². The van der Waals surface area contributed by atoms with Crippen LogP contribution in [0.25, 0.3) is 0 Å². The van der Waals surface area contributed by atoms with Crippen molar-refractivity contribution in [3.63, 3.8) is 0 Å². The van der Waals surface area contributed by atoms with Crippen molar-refractivity contribution in [1.29, 1.82) is 0 Å². The van der Waals surface area contributed by atoms with Crippen LogP contribution in [0.5, 0.6) is 0 Å². The maximum absolute atomic E-state index is 12.7. The maximum Gasteiger partial charge on any atom is 0.254 e. The van der Waals surface area contributed by atoms with Gasteiger partial charge in [-0.1, -0.05) is 54.1 Å². The van der Waals surface area contributed by atoms with Crippen molar-refractivity contribution in [3.05, 3.63) is 70.7 Å². The van der Waals surface area contributed by atoms with Crippen LogP contribution >= 0.6 is 11.6 Å². The second kappa shape index (κ2) is 7.47. The van der Waals surface area contributed by atoms with Gasteiger partial charge in [0.25, 0.3) is 5.91 Å². The molecule has 0 radical (unpaired) electrons. The van der Waals surface area contributed by atoms with Crippen LogP contribution in [0.1, 0.15) is 24.2 Å². The molecule has 126 valence electrons. The minimum Gasteiger partial charge on any atom is -0.367 e. The van der Waals surface area contributed by atoms with Crippen LogP contribution in [0, 0.1) is 0 Å². The first kappa shape index (κ1) is 18.0. The average Bonchev–Trinajstić information content (AvgIpc) is 2.56. The lowest BCUT2D eigenvalue weighted by atomic mass is 9.90. The summed E-state index contributed by atoms with van der Waals surface area (Å²) in [6.07, 6.45) is -0.857. The Kier molecular flexibility index (Phi) is 5.59. The highest BCUT2D eigenvalue weighted by Crippen LogP contribution is 2.25. The summed E-state index contributed by atoms with van der Waals surface area (Å²) < 4.78 is 5.29. The summed E-state index contributed by atoms with van der Waals surface area (Å²) in [5, 5.41) is 3.13. The van der Waals surface area contributed by atoms with E-state index in [9.17, 15) is 9.59 Å². The quantitative estimate of drug-likeness (QED) is 0.843. The van der Waals surface area contributed by atoms with Gasteiger partial charge in [-0.15, -0.1) is 0 Å². The van der Waals surface area contributed by atoms with Gasteiger partial charge in [0.2, 0.25) is 5.91 Å². The number of ether oxygens (including phenoxy) is 1. The zero-order chi connectivity index (χ0) is 17.7. The zero-order valence-corrected chi connectivity index (χ0v) is 14.2. The molecule has 0 saturated heterocycles. The molecule has 0 aliphatic carbocycles. The number of benzene rings is 2. The van der Waals surface area contributed by atoms with Crippen molar-refractivity contribution < 1.29 is 14.3 Å². The van der Waals surface area contributed by atoms with Gasteiger partial charge >= 0.3 is 0 Å². The van der Waals surface area contributed by atoms with Crippen molar-refractivity contribution in [2.45, 2.75) is 18.6 Å². The average molecular weight is 347 g/mol. The maximum atomic E-state index is 12.7. The molecule has 6 heteroatoms. The van der Waals surface area contributed by atoms with Crippen LogP contribution < -0.4 is 11.1 Å². The molecule has 2 amide bonds. The van der Waals surface area contributed by atoms with Crippen LogP contribution in [-0.4, -0.2) is 18.9 Å². The Balaban J connectivity index is 2.33. The lowest BCUT2D eigenvalue weighted by Gasteiger charge is -2.30. The molecular formula is C18H19ClN2O3. The van der Waals surface area contributed by atoms with E-state index in [2.05, 4.69) is 5.32 Å². The Morgan fingerprint density at radius 3 is 2.38 bits per heavy atom. The molecule has 5 nitrogen and oxygen atoms in total. The molecule has 2 rings (SSSR count). The topological polar surface area (TPSA) is 81.4 Å². The first-order valence-electron chi connectivity index (χ1n) is 7.34. The fourth-order valence-corrected chi connectivity index (χ4v) is 2.60. The third-order valence-corrected chi connectivity index (χ3v) is 4.08. The Labute approximate surface area is 145 Å². The molecule has 2 aromatic carbocycles. The number of hydrogen-bond acceptors (Lipinski definition) is 3. The second-order valence-corrected chi connectivity index (χ2v) is 5.95. The van der Waals surface area contributed by atoms with E-state index in [1.165, 1.54) is 14.0 Å². The highest BCUT2D eigenvalue weighted by atomic mass is 35.5. The van der Waals surface area contributed by atoms with Crippen LogP contribution in [0.15, 0.2) is 54.6 Å². The molecule has 0 fully saturated rings. The largest absolute Gasteiger partial charge is 0.367 e. The van der Waals surface area contributed by atoms with Crippen LogP contribution in [-0.2, 0) is 19.9 Å². The van der Waals surface area contributed by atoms with Crippen LogP contribution in [0.2, 0.25) is 5.02 Å². The van der Waals surface area contributed by atoms with Gasteiger partial charge in [-0.25, -0.2) is 0 Å². The lowest BCUT2D eigenvalue weighted by Crippen LogP contribution is -2.54. The van der Waals surface area contributed by atoms with E-state index >= 15 is 0 Å². The van der Waals surface area contributed by atoms with E-state index in [1.54, 1.807) is 48.5 Å². The van der Waals surface area contributed by atoms with Crippen molar-refractivity contribution >= 4 is 23.4 Å². The third-order valence-electron chi connectivity index (χ3n) is 3.84. The predicted octanol–water partition coefficient (Wildman–Crippen LogP) is 2.54. The first-order valence-corrected chi connectivity index (χ1v) is 7.72. The van der Waals surface area contributed by atoms with E-state index in [4.69, 9.17) is 22.1 Å². The van der Waals surface area contributed by atoms with Gasteiger partial charge in [0.05, 0.1) is 0 Å². The van der Waals surface area contributed by atoms with Crippen molar-refractivity contribution in [3.8, 4) is 0 Å². The SMILES string of the molecule is CO[C@@H](C(=O)N[C@](C)(C(N)=O)c1cccc(Cl)c1)c1ccccc1. The smallest absolute Gasteiger partial charge is 0.254 e. The van der Waals surface area contributed by atoms with Gasteiger partial charge in [-0.2, -0.15) is 0 Å². The van der Waals surface area contributed by atoms with E-state index in [0.29, 0.717) is 16.1 Å². The zero-order valence-electron chi connectivity index (χ0n) is 13.5. The molecule has 3 N–H and O–H groups in total. The lowest BCUT2D eigenvalue weighted by molar-refractivity contribution is -0.138. The Bertz CT molecular complexity index is 736. The number of halogens is 1. The van der Waals surface area contributed by atoms with E-state index < -0.39 is 23.5 Å². The number of nitrogens with two attached hydrogens (primary N) is 1. The number of nitrogens with one attached hydrogen (secondary N) is 1. The summed E-state index contributed by atoms with van der Waals surface area (Å²) in [6.45, 7) is 1.54. The third kappa shape index (κ3) is 3.75. The minimum absolute atomic E-state index is 0.445. The standard InChI is InChI=1S/C18H19ClN2O3/c1-18(17(20)23,13-9-6-10-14(19)11-13)21-16(22)15(24-2)12-7-4-3-5-8-12/h3-11,15H,1-2H3,(H2,20,23)(H,21,22)/t15-,18+/m1/s1. The summed E-state index contributed by atoms with van der Waals surface area (Å²) in [6, 6.07) is 15.6. The fraction of sp³-hybridized carbons (Fsp3) is 0.222. The summed E-state index contributed by atoms with van der Waals surface area (Å²) in [5.74, 6) is -1.16. The molecule has 2 aromatic rings. The molecule has 0 unspecified atom stereocenters. The molecule has 2 atom stereocenters. The molecule has 0 heterocycles. The first-order chi connectivity index (χ1) is 11.4. The molecule has 0 aliphatic heterocycles. The molecule has 0 spiro atoms. The van der Waals surface area contributed by atoms with Gasteiger partial charge in [0.1, 0.15) is 5.54 Å².